The van der Waals surface area contributed by atoms with Gasteiger partial charge in [-0.1, -0.05) is 0 Å². The summed E-state index contributed by atoms with van der Waals surface area (Å²) in [7, 11) is 0. The van der Waals surface area contributed by atoms with Crippen LogP contribution in [0.5, 0.6) is 0 Å². The van der Waals surface area contributed by atoms with E-state index < -0.39 is 0 Å². The molecule has 1 aliphatic heterocycles. The molecule has 0 radical (unpaired) electrons. The third-order valence-electron chi connectivity index (χ3n) is 3.11. The highest BCUT2D eigenvalue weighted by molar-refractivity contribution is 5.37. The second-order valence-corrected chi connectivity index (χ2v) is 4.44. The summed E-state index contributed by atoms with van der Waals surface area (Å²) in [5.74, 6) is 0.926. The number of nitrogens with zero attached hydrogens (tertiary/aromatic N) is 3. The normalized spacial score (nSPS) is 15.5. The van der Waals surface area contributed by atoms with Crippen molar-refractivity contribution < 1.29 is 0 Å². The molecule has 1 aromatic rings. The van der Waals surface area contributed by atoms with E-state index in [-0.39, 0.29) is 5.56 Å². The van der Waals surface area contributed by atoms with Gasteiger partial charge in [-0.25, -0.2) is 4.68 Å². The second-order valence-electron chi connectivity index (χ2n) is 4.44. The first-order chi connectivity index (χ1) is 8.31. The Balaban J connectivity index is 2.08. The van der Waals surface area contributed by atoms with Crippen LogP contribution in [0, 0.1) is 0 Å². The number of hydrogen-bond donors (Lipinski definition) is 1. The van der Waals surface area contributed by atoms with E-state index in [0.29, 0.717) is 13.1 Å². The lowest BCUT2D eigenvalue weighted by Crippen LogP contribution is -2.27. The molecule has 0 atom stereocenters. The standard InChI is InChI=1S/C12H20N4O/c13-7-1-2-10-16-12(17)6-5-11(14-16)15-8-3-4-9-15/h5-6H,1-4,7-10,13H2. The molecule has 0 unspecified atom stereocenters. The fourth-order valence-electron chi connectivity index (χ4n) is 2.12. The van der Waals surface area contributed by atoms with Gasteiger partial charge in [-0.2, -0.15) is 5.10 Å². The molecule has 5 heteroatoms. The largest absolute Gasteiger partial charge is 0.355 e. The van der Waals surface area contributed by atoms with Gasteiger partial charge in [0.05, 0.1) is 0 Å². The molecule has 2 rings (SSSR count). The van der Waals surface area contributed by atoms with E-state index in [0.717, 1.165) is 31.7 Å². The first-order valence-electron chi connectivity index (χ1n) is 6.34. The molecule has 0 spiro atoms. The maximum Gasteiger partial charge on any atom is 0.266 e. The topological polar surface area (TPSA) is 64.2 Å². The zero-order valence-electron chi connectivity index (χ0n) is 10.1. The van der Waals surface area contributed by atoms with Gasteiger partial charge in [0.15, 0.2) is 0 Å². The van der Waals surface area contributed by atoms with Crippen LogP contribution in [-0.4, -0.2) is 29.4 Å². The highest BCUT2D eigenvalue weighted by Crippen LogP contribution is 2.15. The van der Waals surface area contributed by atoms with Gasteiger partial charge >= 0.3 is 0 Å². The van der Waals surface area contributed by atoms with Crippen LogP contribution in [-0.2, 0) is 6.54 Å². The Morgan fingerprint density at radius 1 is 1.24 bits per heavy atom. The monoisotopic (exact) mass is 236 g/mol. The number of hydrogen-bond acceptors (Lipinski definition) is 4. The highest BCUT2D eigenvalue weighted by atomic mass is 16.1. The zero-order chi connectivity index (χ0) is 12.1. The molecule has 1 fully saturated rings. The molecule has 0 amide bonds. The van der Waals surface area contributed by atoms with Crippen LogP contribution >= 0.6 is 0 Å². The predicted octanol–water partition coefficient (Wildman–Crippen LogP) is 0.582. The third-order valence-corrected chi connectivity index (χ3v) is 3.11. The van der Waals surface area contributed by atoms with Crippen molar-refractivity contribution in [2.45, 2.75) is 32.2 Å². The lowest BCUT2D eigenvalue weighted by Gasteiger charge is -2.17. The molecule has 0 bridgehead atoms. The third kappa shape index (κ3) is 3.06. The minimum absolute atomic E-state index is 0.0232. The Kier molecular flexibility index (Phi) is 4.14. The molecular formula is C12H20N4O. The summed E-state index contributed by atoms with van der Waals surface area (Å²) in [4.78, 5) is 13.9. The summed E-state index contributed by atoms with van der Waals surface area (Å²) >= 11 is 0. The van der Waals surface area contributed by atoms with Gasteiger partial charge in [-0.05, 0) is 38.3 Å². The first kappa shape index (κ1) is 12.1. The first-order valence-corrected chi connectivity index (χ1v) is 6.34. The summed E-state index contributed by atoms with van der Waals surface area (Å²) in [5.41, 5.74) is 5.42. The van der Waals surface area contributed by atoms with E-state index in [1.54, 1.807) is 10.7 Å². The van der Waals surface area contributed by atoms with Crippen molar-refractivity contribution in [3.63, 3.8) is 0 Å². The summed E-state index contributed by atoms with van der Waals surface area (Å²) in [6, 6.07) is 3.44. The SMILES string of the molecule is NCCCCn1nc(N2CCCC2)ccc1=O. The molecule has 1 aliphatic rings. The van der Waals surface area contributed by atoms with Crippen molar-refractivity contribution in [3.05, 3.63) is 22.5 Å². The smallest absolute Gasteiger partial charge is 0.266 e. The van der Waals surface area contributed by atoms with Crippen LogP contribution in [0.2, 0.25) is 0 Å². The average Bonchev–Trinajstić information content (AvgIpc) is 2.85. The molecule has 0 aliphatic carbocycles. The van der Waals surface area contributed by atoms with Gasteiger partial charge in [0, 0.05) is 25.7 Å². The Hall–Kier alpha value is -1.36. The van der Waals surface area contributed by atoms with Crippen LogP contribution in [0.3, 0.4) is 0 Å². The molecule has 5 nitrogen and oxygen atoms in total. The van der Waals surface area contributed by atoms with Crippen LogP contribution in [0.15, 0.2) is 16.9 Å². The summed E-state index contributed by atoms with van der Waals surface area (Å²) in [6.45, 7) is 3.43. The maximum atomic E-state index is 11.6. The molecule has 0 saturated carbocycles. The summed E-state index contributed by atoms with van der Waals surface area (Å²) in [5, 5.41) is 4.42. The quantitative estimate of drug-likeness (QED) is 0.760. The van der Waals surface area contributed by atoms with Gasteiger partial charge in [-0.15, -0.1) is 0 Å². The fourth-order valence-corrected chi connectivity index (χ4v) is 2.12. The van der Waals surface area contributed by atoms with Crippen molar-refractivity contribution in [1.29, 1.82) is 0 Å². The number of unbranched alkanes of at least 4 members (excludes halogenated alkanes) is 1. The Labute approximate surface area is 101 Å². The van der Waals surface area contributed by atoms with Crippen LogP contribution in [0.1, 0.15) is 25.7 Å². The van der Waals surface area contributed by atoms with E-state index in [9.17, 15) is 4.79 Å². The number of nitrogens with two attached hydrogens (primary N) is 1. The number of aromatic nitrogens is 2. The number of rotatable bonds is 5. The Morgan fingerprint density at radius 2 is 2.00 bits per heavy atom. The zero-order valence-corrected chi connectivity index (χ0v) is 10.1. The van der Waals surface area contributed by atoms with Crippen LogP contribution < -0.4 is 16.2 Å². The summed E-state index contributed by atoms with van der Waals surface area (Å²) in [6.07, 6.45) is 4.27. The highest BCUT2D eigenvalue weighted by Gasteiger charge is 2.14. The molecule has 17 heavy (non-hydrogen) atoms. The van der Waals surface area contributed by atoms with Crippen molar-refractivity contribution in [1.82, 2.24) is 9.78 Å². The van der Waals surface area contributed by atoms with Gasteiger partial charge in [0.25, 0.3) is 5.56 Å². The van der Waals surface area contributed by atoms with E-state index in [2.05, 4.69) is 10.00 Å². The van der Waals surface area contributed by atoms with Gasteiger partial charge in [-0.3, -0.25) is 4.79 Å². The Bertz CT molecular complexity index is 409. The second kappa shape index (κ2) is 5.82. The predicted molar refractivity (Wildman–Crippen MR) is 68.2 cm³/mol. The fraction of sp³-hybridized carbons (Fsp3) is 0.667. The molecule has 1 aromatic heterocycles. The van der Waals surface area contributed by atoms with Crippen LogP contribution in [0.25, 0.3) is 0 Å². The van der Waals surface area contributed by atoms with Crippen molar-refractivity contribution >= 4 is 5.82 Å². The lowest BCUT2D eigenvalue weighted by molar-refractivity contribution is 0.533. The van der Waals surface area contributed by atoms with Crippen LogP contribution in [0.4, 0.5) is 5.82 Å². The van der Waals surface area contributed by atoms with Gasteiger partial charge in [0.2, 0.25) is 0 Å². The van der Waals surface area contributed by atoms with E-state index in [1.165, 1.54) is 12.8 Å². The van der Waals surface area contributed by atoms with Crippen molar-refractivity contribution in [3.8, 4) is 0 Å². The summed E-state index contributed by atoms with van der Waals surface area (Å²) < 4.78 is 1.56. The molecular weight excluding hydrogens is 216 g/mol. The van der Waals surface area contributed by atoms with Crippen molar-refractivity contribution in [2.75, 3.05) is 24.5 Å². The number of anilines is 1. The Morgan fingerprint density at radius 3 is 2.71 bits per heavy atom. The van der Waals surface area contributed by atoms with E-state index in [1.807, 2.05) is 6.07 Å². The minimum Gasteiger partial charge on any atom is -0.355 e. The van der Waals surface area contributed by atoms with E-state index in [4.69, 9.17) is 5.73 Å². The molecule has 2 heterocycles. The molecule has 2 N–H and O–H groups in total. The van der Waals surface area contributed by atoms with Gasteiger partial charge < -0.3 is 10.6 Å². The molecule has 1 saturated heterocycles. The van der Waals surface area contributed by atoms with Gasteiger partial charge in [0.1, 0.15) is 5.82 Å². The average molecular weight is 236 g/mol. The van der Waals surface area contributed by atoms with Crippen molar-refractivity contribution in [2.24, 2.45) is 5.73 Å². The minimum atomic E-state index is -0.0232. The lowest BCUT2D eigenvalue weighted by atomic mass is 10.3. The maximum absolute atomic E-state index is 11.6. The van der Waals surface area contributed by atoms with E-state index >= 15 is 0 Å². The molecule has 94 valence electrons. The molecule has 0 aromatic carbocycles. The number of aryl methyl sites for hydroxylation is 1.